The summed E-state index contributed by atoms with van der Waals surface area (Å²) in [6.07, 6.45) is 2.23. The Hall–Kier alpha value is -2.23. The van der Waals surface area contributed by atoms with Gasteiger partial charge in [-0.15, -0.1) is 0 Å². The summed E-state index contributed by atoms with van der Waals surface area (Å²) in [5.41, 5.74) is 1.69. The number of pyridine rings is 1. The van der Waals surface area contributed by atoms with Crippen molar-refractivity contribution in [3.63, 3.8) is 0 Å². The van der Waals surface area contributed by atoms with Crippen molar-refractivity contribution in [1.29, 1.82) is 0 Å². The Kier molecular flexibility index (Phi) is 3.14. The van der Waals surface area contributed by atoms with Crippen molar-refractivity contribution in [2.24, 2.45) is 0 Å². The van der Waals surface area contributed by atoms with Crippen LogP contribution in [0.2, 0.25) is 0 Å². The fourth-order valence-electron chi connectivity index (χ4n) is 1.55. The van der Waals surface area contributed by atoms with E-state index >= 15 is 0 Å². The number of rotatable bonds is 3. The number of hydrogen-bond acceptors (Lipinski definition) is 4. The highest BCUT2D eigenvalue weighted by atomic mass is 16.5. The lowest BCUT2D eigenvalue weighted by Crippen LogP contribution is -2.05. The summed E-state index contributed by atoms with van der Waals surface area (Å²) in [5, 5.41) is 0.750. The smallest absolute Gasteiger partial charge is 0.339 e. The summed E-state index contributed by atoms with van der Waals surface area (Å²) < 4.78 is 4.88. The SMILES string of the molecule is CCOC(=O)c1cnc2ccc(C=O)cc2c1. The van der Waals surface area contributed by atoms with Gasteiger partial charge in [0, 0.05) is 17.1 Å². The van der Waals surface area contributed by atoms with Gasteiger partial charge < -0.3 is 4.74 Å². The average Bonchev–Trinajstić information content (AvgIpc) is 2.37. The van der Waals surface area contributed by atoms with E-state index in [-0.39, 0.29) is 0 Å². The zero-order valence-corrected chi connectivity index (χ0v) is 9.34. The fraction of sp³-hybridized carbons (Fsp3) is 0.154. The predicted octanol–water partition coefficient (Wildman–Crippen LogP) is 2.22. The lowest BCUT2D eigenvalue weighted by Gasteiger charge is -2.03. The number of carbonyl (C=O) groups excluding carboxylic acids is 2. The van der Waals surface area contributed by atoms with Gasteiger partial charge in [0.05, 0.1) is 17.7 Å². The lowest BCUT2D eigenvalue weighted by molar-refractivity contribution is 0.0526. The number of aldehydes is 1. The Morgan fingerprint density at radius 3 is 2.94 bits per heavy atom. The van der Waals surface area contributed by atoms with Crippen LogP contribution in [-0.2, 0) is 4.74 Å². The molecule has 0 aliphatic carbocycles. The molecule has 1 aromatic carbocycles. The topological polar surface area (TPSA) is 56.3 Å². The Labute approximate surface area is 98.2 Å². The molecule has 0 aliphatic rings. The number of hydrogen-bond donors (Lipinski definition) is 0. The van der Waals surface area contributed by atoms with Crippen LogP contribution in [0.25, 0.3) is 10.9 Å². The number of nitrogens with zero attached hydrogens (tertiary/aromatic N) is 1. The molecule has 0 bridgehead atoms. The van der Waals surface area contributed by atoms with Crippen LogP contribution in [0.1, 0.15) is 27.6 Å². The van der Waals surface area contributed by atoms with Crippen LogP contribution < -0.4 is 0 Å². The van der Waals surface area contributed by atoms with E-state index in [0.29, 0.717) is 17.7 Å². The lowest BCUT2D eigenvalue weighted by atomic mass is 10.1. The van der Waals surface area contributed by atoms with Crippen LogP contribution in [-0.4, -0.2) is 23.8 Å². The molecule has 0 amide bonds. The molecule has 0 saturated carbocycles. The van der Waals surface area contributed by atoms with Gasteiger partial charge in [-0.25, -0.2) is 4.79 Å². The first-order valence-electron chi connectivity index (χ1n) is 5.26. The summed E-state index contributed by atoms with van der Waals surface area (Å²) in [6, 6.07) is 6.80. The summed E-state index contributed by atoms with van der Waals surface area (Å²) in [6.45, 7) is 2.07. The first kappa shape index (κ1) is 11.3. The van der Waals surface area contributed by atoms with Crippen LogP contribution in [0.4, 0.5) is 0 Å². The van der Waals surface area contributed by atoms with Crippen LogP contribution in [0, 0.1) is 0 Å². The van der Waals surface area contributed by atoms with Crippen LogP contribution in [0.15, 0.2) is 30.5 Å². The number of benzene rings is 1. The molecule has 4 nitrogen and oxygen atoms in total. The third kappa shape index (κ3) is 2.30. The number of aromatic nitrogens is 1. The molecule has 0 unspecified atom stereocenters. The third-order valence-corrected chi connectivity index (χ3v) is 2.35. The van der Waals surface area contributed by atoms with Crippen molar-refractivity contribution in [2.75, 3.05) is 6.61 Å². The largest absolute Gasteiger partial charge is 0.462 e. The molecule has 0 radical (unpaired) electrons. The third-order valence-electron chi connectivity index (χ3n) is 2.35. The van der Waals surface area contributed by atoms with Crippen molar-refractivity contribution in [2.45, 2.75) is 6.92 Å². The second kappa shape index (κ2) is 4.74. The van der Waals surface area contributed by atoms with Crippen LogP contribution in [0.5, 0.6) is 0 Å². The van der Waals surface area contributed by atoms with Gasteiger partial charge in [0.2, 0.25) is 0 Å². The Morgan fingerprint density at radius 2 is 2.24 bits per heavy atom. The molecule has 0 aliphatic heterocycles. The molecule has 2 rings (SSSR count). The van der Waals surface area contributed by atoms with E-state index in [9.17, 15) is 9.59 Å². The van der Waals surface area contributed by atoms with Gasteiger partial charge in [0.25, 0.3) is 0 Å². The zero-order valence-electron chi connectivity index (χ0n) is 9.34. The second-order valence-electron chi connectivity index (χ2n) is 3.51. The van der Waals surface area contributed by atoms with Gasteiger partial charge in [-0.3, -0.25) is 9.78 Å². The molecule has 2 aromatic rings. The molecule has 1 heterocycles. The summed E-state index contributed by atoms with van der Waals surface area (Å²) >= 11 is 0. The molecule has 4 heteroatoms. The van der Waals surface area contributed by atoms with E-state index < -0.39 is 5.97 Å². The Bertz CT molecular complexity index is 578. The summed E-state index contributed by atoms with van der Waals surface area (Å²) in [4.78, 5) is 26.3. The van der Waals surface area contributed by atoms with E-state index in [4.69, 9.17) is 4.74 Å². The van der Waals surface area contributed by atoms with Crippen molar-refractivity contribution >= 4 is 23.2 Å². The minimum atomic E-state index is -0.404. The molecular weight excluding hydrogens is 218 g/mol. The maximum Gasteiger partial charge on any atom is 0.339 e. The number of esters is 1. The highest BCUT2D eigenvalue weighted by Gasteiger charge is 2.08. The molecule has 86 valence electrons. The van der Waals surface area contributed by atoms with Crippen molar-refractivity contribution in [3.8, 4) is 0 Å². The molecule has 0 spiro atoms. The van der Waals surface area contributed by atoms with E-state index in [1.54, 1.807) is 31.2 Å². The zero-order chi connectivity index (χ0) is 12.3. The summed E-state index contributed by atoms with van der Waals surface area (Å²) in [5.74, 6) is -0.404. The quantitative estimate of drug-likeness (QED) is 0.598. The monoisotopic (exact) mass is 229 g/mol. The number of ether oxygens (including phenoxy) is 1. The van der Waals surface area contributed by atoms with E-state index in [2.05, 4.69) is 4.98 Å². The summed E-state index contributed by atoms with van der Waals surface area (Å²) in [7, 11) is 0. The number of carbonyl (C=O) groups is 2. The van der Waals surface area contributed by atoms with Gasteiger partial charge in [-0.05, 0) is 31.2 Å². The molecule has 0 fully saturated rings. The van der Waals surface area contributed by atoms with Crippen molar-refractivity contribution < 1.29 is 14.3 Å². The Balaban J connectivity index is 2.47. The molecule has 17 heavy (non-hydrogen) atoms. The predicted molar refractivity (Wildman–Crippen MR) is 63.1 cm³/mol. The Morgan fingerprint density at radius 1 is 1.41 bits per heavy atom. The fourth-order valence-corrected chi connectivity index (χ4v) is 1.55. The molecule has 0 saturated heterocycles. The maximum absolute atomic E-state index is 11.5. The average molecular weight is 229 g/mol. The van der Waals surface area contributed by atoms with Gasteiger partial charge in [0.15, 0.2) is 0 Å². The van der Waals surface area contributed by atoms with E-state index in [1.165, 1.54) is 6.20 Å². The van der Waals surface area contributed by atoms with Crippen molar-refractivity contribution in [1.82, 2.24) is 4.98 Å². The first-order valence-corrected chi connectivity index (χ1v) is 5.26. The van der Waals surface area contributed by atoms with Gasteiger partial charge in [0.1, 0.15) is 6.29 Å². The highest BCUT2D eigenvalue weighted by molar-refractivity contribution is 5.95. The van der Waals surface area contributed by atoms with Gasteiger partial charge in [-0.2, -0.15) is 0 Å². The van der Waals surface area contributed by atoms with Crippen molar-refractivity contribution in [3.05, 3.63) is 41.6 Å². The minimum Gasteiger partial charge on any atom is -0.462 e. The highest BCUT2D eigenvalue weighted by Crippen LogP contribution is 2.15. The van der Waals surface area contributed by atoms with Crippen LogP contribution >= 0.6 is 0 Å². The van der Waals surface area contributed by atoms with Crippen LogP contribution in [0.3, 0.4) is 0 Å². The standard InChI is InChI=1S/C13H11NO3/c1-2-17-13(16)11-6-10-5-9(8-15)3-4-12(10)14-7-11/h3-8H,2H2,1H3. The minimum absolute atomic E-state index is 0.325. The van der Waals surface area contributed by atoms with Gasteiger partial charge in [-0.1, -0.05) is 0 Å². The van der Waals surface area contributed by atoms with E-state index in [0.717, 1.165) is 17.2 Å². The molecule has 0 N–H and O–H groups in total. The maximum atomic E-state index is 11.5. The molecule has 0 atom stereocenters. The second-order valence-corrected chi connectivity index (χ2v) is 3.51. The molecular formula is C13H11NO3. The normalized spacial score (nSPS) is 10.2. The number of fused-ring (bicyclic) bond motifs is 1. The van der Waals surface area contributed by atoms with E-state index in [1.807, 2.05) is 0 Å². The first-order chi connectivity index (χ1) is 8.24. The molecule has 1 aromatic heterocycles. The van der Waals surface area contributed by atoms with Gasteiger partial charge >= 0.3 is 5.97 Å².